The van der Waals surface area contributed by atoms with Crippen molar-refractivity contribution in [2.75, 3.05) is 0 Å². The molecule has 0 bridgehead atoms. The summed E-state index contributed by atoms with van der Waals surface area (Å²) in [4.78, 5) is 21.1. The minimum Gasteiger partial charge on any atom is -0.481 e. The largest absolute Gasteiger partial charge is 0.481 e. The van der Waals surface area contributed by atoms with Gasteiger partial charge in [0, 0.05) is 11.8 Å². The van der Waals surface area contributed by atoms with Crippen molar-refractivity contribution < 1.29 is 19.8 Å². The first-order valence-electron chi connectivity index (χ1n) is 4.35. The van der Waals surface area contributed by atoms with Crippen molar-refractivity contribution in [3.63, 3.8) is 0 Å². The second-order valence-electron chi connectivity index (χ2n) is 3.85. The Kier molecular flexibility index (Phi) is 2.51. The van der Waals surface area contributed by atoms with E-state index >= 15 is 0 Å². The maximum absolute atomic E-state index is 10.8. The molecule has 6 heteroatoms. The van der Waals surface area contributed by atoms with Crippen LogP contribution in [0.1, 0.15) is 25.7 Å². The van der Waals surface area contributed by atoms with Crippen molar-refractivity contribution in [1.82, 2.24) is 0 Å². The molecule has 0 aliphatic heterocycles. The van der Waals surface area contributed by atoms with Crippen LogP contribution in [0.3, 0.4) is 0 Å². The molecule has 0 amide bonds. The van der Waals surface area contributed by atoms with Crippen LogP contribution in [0.4, 0.5) is 0 Å². The van der Waals surface area contributed by atoms with E-state index in [0.717, 1.165) is 0 Å². The van der Waals surface area contributed by atoms with Gasteiger partial charge in [0.2, 0.25) is 0 Å². The number of rotatable bonds is 5. The van der Waals surface area contributed by atoms with Gasteiger partial charge in [0.25, 0.3) is 0 Å². The SMILES string of the molecule is NC(N)(C(=O)O)C1(CCC(=O)O)CC1. The van der Waals surface area contributed by atoms with Gasteiger partial charge in [0.05, 0.1) is 0 Å². The van der Waals surface area contributed by atoms with Crippen molar-refractivity contribution in [3.8, 4) is 0 Å². The fraction of sp³-hybridized carbons (Fsp3) is 0.750. The molecule has 1 aliphatic rings. The first kappa shape index (κ1) is 10.9. The van der Waals surface area contributed by atoms with Crippen LogP contribution in [-0.2, 0) is 9.59 Å². The van der Waals surface area contributed by atoms with Gasteiger partial charge in [0.15, 0.2) is 5.66 Å². The van der Waals surface area contributed by atoms with Crippen LogP contribution in [0.25, 0.3) is 0 Å². The number of carboxylic acid groups (broad SMARTS) is 2. The van der Waals surface area contributed by atoms with E-state index in [-0.39, 0.29) is 12.8 Å². The van der Waals surface area contributed by atoms with E-state index < -0.39 is 23.0 Å². The van der Waals surface area contributed by atoms with E-state index in [1.54, 1.807) is 0 Å². The van der Waals surface area contributed by atoms with Crippen molar-refractivity contribution in [1.29, 1.82) is 0 Å². The normalized spacial score (nSPS) is 19.0. The lowest BCUT2D eigenvalue weighted by Crippen LogP contribution is -2.63. The molecule has 0 aromatic rings. The second-order valence-corrected chi connectivity index (χ2v) is 3.85. The number of hydrogen-bond acceptors (Lipinski definition) is 4. The molecule has 0 spiro atoms. The molecule has 0 atom stereocenters. The van der Waals surface area contributed by atoms with Gasteiger partial charge in [-0.15, -0.1) is 0 Å². The molecule has 6 N–H and O–H groups in total. The number of carbonyl (C=O) groups is 2. The Hall–Kier alpha value is -1.14. The average molecular weight is 202 g/mol. The predicted molar refractivity (Wildman–Crippen MR) is 47.3 cm³/mol. The molecule has 6 nitrogen and oxygen atoms in total. The van der Waals surface area contributed by atoms with E-state index in [1.807, 2.05) is 0 Å². The Bertz CT molecular complexity index is 271. The van der Waals surface area contributed by atoms with Crippen LogP contribution in [-0.4, -0.2) is 27.8 Å². The second kappa shape index (κ2) is 3.21. The molecule has 0 aromatic heterocycles. The van der Waals surface area contributed by atoms with Crippen LogP contribution in [0.2, 0.25) is 0 Å². The van der Waals surface area contributed by atoms with Crippen molar-refractivity contribution >= 4 is 11.9 Å². The smallest absolute Gasteiger partial charge is 0.339 e. The first-order chi connectivity index (χ1) is 6.32. The Labute approximate surface area is 80.9 Å². The molecule has 0 radical (unpaired) electrons. The Morgan fingerprint density at radius 2 is 1.79 bits per heavy atom. The average Bonchev–Trinajstić information content (AvgIpc) is 2.81. The summed E-state index contributed by atoms with van der Waals surface area (Å²) in [6.45, 7) is 0. The minimum atomic E-state index is -1.80. The Balaban J connectivity index is 2.66. The van der Waals surface area contributed by atoms with Crippen LogP contribution in [0, 0.1) is 5.41 Å². The van der Waals surface area contributed by atoms with Gasteiger partial charge in [-0.3, -0.25) is 4.79 Å². The molecule has 80 valence electrons. The maximum atomic E-state index is 10.8. The lowest BCUT2D eigenvalue weighted by Gasteiger charge is -2.29. The summed E-state index contributed by atoms with van der Waals surface area (Å²) in [6.07, 6.45) is 1.30. The van der Waals surface area contributed by atoms with Gasteiger partial charge in [-0.25, -0.2) is 4.79 Å². The highest BCUT2D eigenvalue weighted by Gasteiger charge is 2.59. The molecule has 1 aliphatic carbocycles. The summed E-state index contributed by atoms with van der Waals surface area (Å²) >= 11 is 0. The van der Waals surface area contributed by atoms with E-state index in [0.29, 0.717) is 12.8 Å². The number of aliphatic carboxylic acids is 2. The summed E-state index contributed by atoms with van der Waals surface area (Å²) in [5.74, 6) is -2.24. The third kappa shape index (κ3) is 1.71. The van der Waals surface area contributed by atoms with E-state index in [1.165, 1.54) is 0 Å². The summed E-state index contributed by atoms with van der Waals surface area (Å²) in [7, 11) is 0. The minimum absolute atomic E-state index is 0.0938. The topological polar surface area (TPSA) is 127 Å². The van der Waals surface area contributed by atoms with Gasteiger partial charge in [0.1, 0.15) is 0 Å². The maximum Gasteiger partial charge on any atom is 0.339 e. The van der Waals surface area contributed by atoms with Gasteiger partial charge in [-0.2, -0.15) is 0 Å². The van der Waals surface area contributed by atoms with Crippen LogP contribution in [0.5, 0.6) is 0 Å². The zero-order valence-corrected chi connectivity index (χ0v) is 7.69. The zero-order valence-electron chi connectivity index (χ0n) is 7.69. The van der Waals surface area contributed by atoms with Gasteiger partial charge in [-0.05, 0) is 19.3 Å². The van der Waals surface area contributed by atoms with Crippen molar-refractivity contribution in [2.45, 2.75) is 31.3 Å². The third-order valence-corrected chi connectivity index (χ3v) is 2.90. The molecular formula is C8H14N2O4. The monoisotopic (exact) mass is 202 g/mol. The van der Waals surface area contributed by atoms with Gasteiger partial charge >= 0.3 is 11.9 Å². The molecule has 0 unspecified atom stereocenters. The Morgan fingerprint density at radius 1 is 1.29 bits per heavy atom. The number of hydrogen-bond donors (Lipinski definition) is 4. The standard InChI is InChI=1S/C8H14N2O4/c9-8(10,6(13)14)7(3-4-7)2-1-5(11)12/h1-4,9-10H2,(H,11,12)(H,13,14). The number of carboxylic acids is 2. The highest BCUT2D eigenvalue weighted by molar-refractivity contribution is 5.79. The van der Waals surface area contributed by atoms with Gasteiger partial charge < -0.3 is 21.7 Å². The molecule has 0 saturated heterocycles. The Morgan fingerprint density at radius 3 is 2.07 bits per heavy atom. The fourth-order valence-electron chi connectivity index (χ4n) is 1.59. The van der Waals surface area contributed by atoms with Gasteiger partial charge in [-0.1, -0.05) is 0 Å². The summed E-state index contributed by atoms with van der Waals surface area (Å²) in [5, 5.41) is 17.3. The molecule has 1 fully saturated rings. The highest BCUT2D eigenvalue weighted by Crippen LogP contribution is 2.54. The molecule has 1 saturated carbocycles. The first-order valence-corrected chi connectivity index (χ1v) is 4.35. The van der Waals surface area contributed by atoms with Crippen LogP contribution in [0.15, 0.2) is 0 Å². The molecule has 14 heavy (non-hydrogen) atoms. The zero-order chi connectivity index (χ0) is 11.0. The highest BCUT2D eigenvalue weighted by atomic mass is 16.4. The molecular weight excluding hydrogens is 188 g/mol. The predicted octanol–water partition coefficient (Wildman–Crippen LogP) is -0.670. The van der Waals surface area contributed by atoms with E-state index in [2.05, 4.69) is 0 Å². The lowest BCUT2D eigenvalue weighted by atomic mass is 9.86. The number of nitrogens with two attached hydrogens (primary N) is 2. The van der Waals surface area contributed by atoms with E-state index in [4.69, 9.17) is 21.7 Å². The summed E-state index contributed by atoms with van der Waals surface area (Å²) < 4.78 is 0. The van der Waals surface area contributed by atoms with Crippen molar-refractivity contribution in [3.05, 3.63) is 0 Å². The quantitative estimate of drug-likeness (QED) is 0.438. The molecule has 0 heterocycles. The molecule has 0 aromatic carbocycles. The van der Waals surface area contributed by atoms with Crippen LogP contribution >= 0.6 is 0 Å². The fourth-order valence-corrected chi connectivity index (χ4v) is 1.59. The lowest BCUT2D eigenvalue weighted by molar-refractivity contribution is -0.147. The molecule has 1 rings (SSSR count). The van der Waals surface area contributed by atoms with E-state index in [9.17, 15) is 9.59 Å². The van der Waals surface area contributed by atoms with Crippen LogP contribution < -0.4 is 11.5 Å². The summed E-state index contributed by atoms with van der Waals surface area (Å²) in [5.41, 5.74) is 8.41. The van der Waals surface area contributed by atoms with Crippen molar-refractivity contribution in [2.24, 2.45) is 16.9 Å². The third-order valence-electron chi connectivity index (χ3n) is 2.90. The summed E-state index contributed by atoms with van der Waals surface area (Å²) in [6, 6.07) is 0.